The van der Waals surface area contributed by atoms with Crippen molar-refractivity contribution >= 4 is 16.0 Å². The van der Waals surface area contributed by atoms with Crippen molar-refractivity contribution < 1.29 is 8.42 Å². The monoisotopic (exact) mass is 294 g/mol. The molecule has 2 N–H and O–H groups in total. The summed E-state index contributed by atoms with van der Waals surface area (Å²) in [6.45, 7) is 7.88. The van der Waals surface area contributed by atoms with Crippen LogP contribution < -0.4 is 4.72 Å². The number of aromatic nitrogens is 3. The summed E-state index contributed by atoms with van der Waals surface area (Å²) in [5, 5.41) is 6.09. The molecule has 0 unspecified atom stereocenters. The van der Waals surface area contributed by atoms with Crippen molar-refractivity contribution in [3.63, 3.8) is 0 Å². The van der Waals surface area contributed by atoms with Gasteiger partial charge in [-0.05, 0) is 29.5 Å². The fourth-order valence-electron chi connectivity index (χ4n) is 1.79. The molecular formula is C13H18N4O2S. The van der Waals surface area contributed by atoms with Crippen LogP contribution in [0.3, 0.4) is 0 Å². The Morgan fingerprint density at radius 3 is 2.50 bits per heavy atom. The van der Waals surface area contributed by atoms with Crippen molar-refractivity contribution in [2.75, 3.05) is 4.72 Å². The number of H-pyrrole nitrogens is 1. The molecule has 0 aliphatic carbocycles. The van der Waals surface area contributed by atoms with Crippen LogP contribution >= 0.6 is 0 Å². The number of nitrogens with zero attached hydrogens (tertiary/aromatic N) is 2. The quantitative estimate of drug-likeness (QED) is 0.908. The Hall–Kier alpha value is -1.89. The third kappa shape index (κ3) is 2.98. The molecule has 0 fully saturated rings. The van der Waals surface area contributed by atoms with Crippen LogP contribution in [0.5, 0.6) is 0 Å². The molecule has 6 nitrogen and oxygen atoms in total. The minimum atomic E-state index is -3.68. The number of sulfonamides is 1. The first kappa shape index (κ1) is 14.5. The molecule has 108 valence electrons. The van der Waals surface area contributed by atoms with E-state index in [1.807, 2.05) is 32.9 Å². The van der Waals surface area contributed by atoms with E-state index in [9.17, 15) is 8.42 Å². The number of benzene rings is 1. The van der Waals surface area contributed by atoms with Crippen LogP contribution in [0.4, 0.5) is 5.95 Å². The van der Waals surface area contributed by atoms with Crippen molar-refractivity contribution in [3.05, 3.63) is 35.7 Å². The molecule has 0 atom stereocenters. The van der Waals surface area contributed by atoms with Gasteiger partial charge >= 0.3 is 0 Å². The van der Waals surface area contributed by atoms with Gasteiger partial charge in [0.2, 0.25) is 5.95 Å². The summed E-state index contributed by atoms with van der Waals surface area (Å²) >= 11 is 0. The molecule has 0 aliphatic heterocycles. The van der Waals surface area contributed by atoms with Gasteiger partial charge in [0.1, 0.15) is 6.33 Å². The summed E-state index contributed by atoms with van der Waals surface area (Å²) in [6.07, 6.45) is 1.25. The Labute approximate surface area is 118 Å². The van der Waals surface area contributed by atoms with Gasteiger partial charge < -0.3 is 0 Å². The molecule has 1 aromatic carbocycles. The first-order valence-electron chi connectivity index (χ1n) is 6.19. The predicted molar refractivity (Wildman–Crippen MR) is 77.1 cm³/mol. The normalized spacial score (nSPS) is 12.4. The molecule has 1 heterocycles. The van der Waals surface area contributed by atoms with Crippen molar-refractivity contribution in [2.45, 2.75) is 38.0 Å². The highest BCUT2D eigenvalue weighted by molar-refractivity contribution is 7.92. The van der Waals surface area contributed by atoms with E-state index in [1.54, 1.807) is 13.0 Å². The largest absolute Gasteiger partial charge is 0.264 e. The van der Waals surface area contributed by atoms with Crippen LogP contribution in [0.15, 0.2) is 29.4 Å². The molecule has 0 radical (unpaired) electrons. The maximum absolute atomic E-state index is 12.4. The second-order valence-electron chi connectivity index (χ2n) is 5.67. The van der Waals surface area contributed by atoms with Crippen LogP contribution in [-0.2, 0) is 15.4 Å². The number of anilines is 1. The molecule has 2 aromatic rings. The minimum absolute atomic E-state index is 0.102. The SMILES string of the molecule is Cc1ccc(C(C)(C)C)cc1S(=O)(=O)Nc1ncn[nH]1. The molecule has 0 amide bonds. The lowest BCUT2D eigenvalue weighted by Gasteiger charge is -2.20. The highest BCUT2D eigenvalue weighted by Crippen LogP contribution is 2.27. The summed E-state index contributed by atoms with van der Waals surface area (Å²) in [4.78, 5) is 4.02. The number of hydrogen-bond acceptors (Lipinski definition) is 4. The first-order valence-corrected chi connectivity index (χ1v) is 7.68. The average molecular weight is 294 g/mol. The molecule has 1 aromatic heterocycles. The van der Waals surface area contributed by atoms with Gasteiger partial charge in [0, 0.05) is 0 Å². The van der Waals surface area contributed by atoms with Gasteiger partial charge in [-0.3, -0.25) is 0 Å². The topological polar surface area (TPSA) is 87.7 Å². The second-order valence-corrected chi connectivity index (χ2v) is 7.32. The molecule has 7 heteroatoms. The Bertz CT molecular complexity index is 700. The Morgan fingerprint density at radius 2 is 1.95 bits per heavy atom. The van der Waals surface area contributed by atoms with Crippen molar-refractivity contribution in [3.8, 4) is 0 Å². The number of aromatic amines is 1. The highest BCUT2D eigenvalue weighted by Gasteiger charge is 2.22. The van der Waals surface area contributed by atoms with Gasteiger partial charge in [0.15, 0.2) is 0 Å². The smallest absolute Gasteiger partial charge is 0.248 e. The lowest BCUT2D eigenvalue weighted by atomic mass is 9.87. The van der Waals surface area contributed by atoms with Crippen LogP contribution in [0.1, 0.15) is 31.9 Å². The number of aryl methyl sites for hydroxylation is 1. The van der Waals surface area contributed by atoms with Gasteiger partial charge in [0.05, 0.1) is 4.90 Å². The Balaban J connectivity index is 2.46. The van der Waals surface area contributed by atoms with Crippen LogP contribution in [0.25, 0.3) is 0 Å². The van der Waals surface area contributed by atoms with E-state index in [-0.39, 0.29) is 16.3 Å². The molecule has 0 bridgehead atoms. The third-order valence-corrected chi connectivity index (χ3v) is 4.47. The summed E-state index contributed by atoms with van der Waals surface area (Å²) in [5.41, 5.74) is 1.52. The van der Waals surface area contributed by atoms with Crippen molar-refractivity contribution in [2.24, 2.45) is 0 Å². The Kier molecular flexibility index (Phi) is 3.56. The second kappa shape index (κ2) is 4.90. The maximum atomic E-state index is 12.4. The lowest BCUT2D eigenvalue weighted by Crippen LogP contribution is -2.18. The fraction of sp³-hybridized carbons (Fsp3) is 0.385. The summed E-state index contributed by atoms with van der Waals surface area (Å²) < 4.78 is 27.2. The summed E-state index contributed by atoms with van der Waals surface area (Å²) in [6, 6.07) is 5.46. The van der Waals surface area contributed by atoms with Crippen LogP contribution in [0.2, 0.25) is 0 Å². The highest BCUT2D eigenvalue weighted by atomic mass is 32.2. The zero-order valence-corrected chi connectivity index (χ0v) is 12.7. The molecular weight excluding hydrogens is 276 g/mol. The molecule has 0 aliphatic rings. The summed E-state index contributed by atoms with van der Waals surface area (Å²) in [5.74, 6) is 0.102. The van der Waals surface area contributed by atoms with E-state index in [4.69, 9.17) is 0 Å². The van der Waals surface area contributed by atoms with E-state index in [0.29, 0.717) is 5.56 Å². The number of rotatable bonds is 3. The maximum Gasteiger partial charge on any atom is 0.264 e. The first-order chi connectivity index (χ1) is 9.20. The van der Waals surface area contributed by atoms with Crippen LogP contribution in [-0.4, -0.2) is 23.6 Å². The summed E-state index contributed by atoms with van der Waals surface area (Å²) in [7, 11) is -3.68. The predicted octanol–water partition coefficient (Wildman–Crippen LogP) is 2.21. The number of nitrogens with one attached hydrogen (secondary N) is 2. The van der Waals surface area contributed by atoms with Crippen LogP contribution in [0, 0.1) is 6.92 Å². The van der Waals surface area contributed by atoms with Gasteiger partial charge in [-0.1, -0.05) is 32.9 Å². The lowest BCUT2D eigenvalue weighted by molar-refractivity contribution is 0.584. The third-order valence-electron chi connectivity index (χ3n) is 2.99. The van der Waals surface area contributed by atoms with E-state index in [2.05, 4.69) is 19.9 Å². The zero-order chi connectivity index (χ0) is 15.0. The van der Waals surface area contributed by atoms with Gasteiger partial charge in [-0.25, -0.2) is 18.2 Å². The Morgan fingerprint density at radius 1 is 1.25 bits per heavy atom. The van der Waals surface area contributed by atoms with Gasteiger partial charge in [-0.2, -0.15) is 10.1 Å². The fourth-order valence-corrected chi connectivity index (χ4v) is 3.03. The molecule has 0 saturated carbocycles. The zero-order valence-electron chi connectivity index (χ0n) is 11.9. The van der Waals surface area contributed by atoms with Gasteiger partial charge in [-0.15, -0.1) is 0 Å². The van der Waals surface area contributed by atoms with E-state index in [1.165, 1.54) is 6.33 Å². The van der Waals surface area contributed by atoms with E-state index >= 15 is 0 Å². The molecule has 0 saturated heterocycles. The van der Waals surface area contributed by atoms with Crippen molar-refractivity contribution in [1.82, 2.24) is 15.2 Å². The average Bonchev–Trinajstić information content (AvgIpc) is 2.79. The van der Waals surface area contributed by atoms with Crippen molar-refractivity contribution in [1.29, 1.82) is 0 Å². The molecule has 2 rings (SSSR count). The van der Waals surface area contributed by atoms with Gasteiger partial charge in [0.25, 0.3) is 10.0 Å². The van der Waals surface area contributed by atoms with E-state index in [0.717, 1.165) is 5.56 Å². The molecule has 20 heavy (non-hydrogen) atoms. The minimum Gasteiger partial charge on any atom is -0.248 e. The van der Waals surface area contributed by atoms with E-state index < -0.39 is 10.0 Å². The standard InChI is InChI=1S/C13H18N4O2S/c1-9-5-6-10(13(2,3)4)7-11(9)20(18,19)17-12-14-8-15-16-12/h5-8H,1-4H3,(H2,14,15,16,17). The molecule has 0 spiro atoms. The number of hydrogen-bond donors (Lipinski definition) is 2.